The van der Waals surface area contributed by atoms with Crippen molar-refractivity contribution in [3.63, 3.8) is 0 Å². The van der Waals surface area contributed by atoms with Crippen molar-refractivity contribution in [3.8, 4) is 33.4 Å². The molecular weight excluding hydrogens is 743 g/mol. The van der Waals surface area contributed by atoms with Crippen molar-refractivity contribution in [2.75, 3.05) is 4.90 Å². The van der Waals surface area contributed by atoms with Crippen LogP contribution < -0.4 is 4.90 Å². The first kappa shape index (κ1) is 34.2. The third-order valence-electron chi connectivity index (χ3n) is 14.2. The van der Waals surface area contributed by atoms with Crippen LogP contribution in [0.5, 0.6) is 0 Å². The van der Waals surface area contributed by atoms with Crippen molar-refractivity contribution in [2.24, 2.45) is 0 Å². The topological polar surface area (TPSA) is 3.24 Å². The fourth-order valence-corrected chi connectivity index (χ4v) is 13.0. The average molecular weight is 784 g/mol. The molecule has 0 amide bonds. The molecule has 0 atom stereocenters. The molecule has 4 aliphatic rings. The molecule has 2 heteroatoms. The van der Waals surface area contributed by atoms with Gasteiger partial charge in [-0.15, -0.1) is 11.3 Å². The Bertz CT molecular complexity index is 3320. The first-order chi connectivity index (χ1) is 29.5. The highest BCUT2D eigenvalue weighted by atomic mass is 32.1. The number of hydrogen-bond acceptors (Lipinski definition) is 2. The highest BCUT2D eigenvalue weighted by Gasteiger charge is 2.52. The van der Waals surface area contributed by atoms with Crippen LogP contribution in [0.4, 0.5) is 17.1 Å². The zero-order valence-electron chi connectivity index (χ0n) is 33.7. The van der Waals surface area contributed by atoms with Crippen molar-refractivity contribution >= 4 is 54.1 Å². The van der Waals surface area contributed by atoms with Gasteiger partial charge in [0.05, 0.1) is 15.8 Å². The van der Waals surface area contributed by atoms with E-state index in [0.717, 1.165) is 18.5 Å². The van der Waals surface area contributed by atoms with E-state index in [2.05, 4.69) is 207 Å². The normalized spacial score (nSPS) is 15.8. The summed E-state index contributed by atoms with van der Waals surface area (Å²) in [4.78, 5) is 2.55. The molecule has 1 aromatic heterocycles. The summed E-state index contributed by atoms with van der Waals surface area (Å²) in [5.74, 6) is 0. The van der Waals surface area contributed by atoms with E-state index >= 15 is 0 Å². The molecule has 0 aliphatic heterocycles. The van der Waals surface area contributed by atoms with Gasteiger partial charge in [-0.2, -0.15) is 0 Å². The molecule has 0 saturated carbocycles. The Morgan fingerprint density at radius 1 is 0.500 bits per heavy atom. The van der Waals surface area contributed by atoms with Crippen LogP contribution in [0.3, 0.4) is 0 Å². The number of rotatable bonds is 4. The molecule has 1 heterocycles. The van der Waals surface area contributed by atoms with Gasteiger partial charge in [0, 0.05) is 32.3 Å². The minimum atomic E-state index is -0.346. The van der Waals surface area contributed by atoms with Gasteiger partial charge in [-0.1, -0.05) is 166 Å². The first-order valence-electron chi connectivity index (χ1n) is 21.3. The van der Waals surface area contributed by atoms with Crippen LogP contribution in [0.25, 0.3) is 59.1 Å². The van der Waals surface area contributed by atoms with Crippen LogP contribution >= 0.6 is 11.3 Å². The lowest BCUT2D eigenvalue weighted by molar-refractivity contribution is 0.662. The molecule has 0 unspecified atom stereocenters. The van der Waals surface area contributed by atoms with Crippen LogP contribution in [-0.2, 0) is 10.8 Å². The van der Waals surface area contributed by atoms with Crippen molar-refractivity contribution < 1.29 is 0 Å². The zero-order chi connectivity index (χ0) is 39.7. The molecule has 60 heavy (non-hydrogen) atoms. The lowest BCUT2D eigenvalue weighted by Crippen LogP contribution is -2.28. The molecule has 1 nitrogen and oxygen atoms in total. The molecule has 0 saturated heterocycles. The minimum Gasteiger partial charge on any atom is -0.309 e. The summed E-state index contributed by atoms with van der Waals surface area (Å²) in [6, 6.07) is 66.7. The van der Waals surface area contributed by atoms with Crippen LogP contribution in [0.15, 0.2) is 194 Å². The lowest BCUT2D eigenvalue weighted by atomic mass is 9.68. The van der Waals surface area contributed by atoms with E-state index in [1.54, 1.807) is 0 Å². The van der Waals surface area contributed by atoms with Crippen LogP contribution in [0, 0.1) is 0 Å². The predicted octanol–water partition coefficient (Wildman–Crippen LogP) is 15.9. The summed E-state index contributed by atoms with van der Waals surface area (Å²) in [5, 5.41) is 2.61. The largest absolute Gasteiger partial charge is 0.309 e. The van der Waals surface area contributed by atoms with Gasteiger partial charge >= 0.3 is 0 Å². The van der Waals surface area contributed by atoms with E-state index in [-0.39, 0.29) is 10.8 Å². The second-order valence-electron chi connectivity index (χ2n) is 17.4. The van der Waals surface area contributed by atoms with E-state index in [9.17, 15) is 0 Å². The molecule has 8 aromatic carbocycles. The fraction of sp³-hybridized carbons (Fsp3) is 0.103. The summed E-state index contributed by atoms with van der Waals surface area (Å²) in [5.41, 5.74) is 22.3. The Balaban J connectivity index is 1.07. The second-order valence-corrected chi connectivity index (χ2v) is 18.5. The lowest BCUT2D eigenvalue weighted by Gasteiger charge is -2.34. The highest BCUT2D eigenvalue weighted by molar-refractivity contribution is 7.26. The maximum Gasteiger partial charge on any atom is 0.0689 e. The third-order valence-corrected chi connectivity index (χ3v) is 15.4. The molecular formula is C58H41NS. The van der Waals surface area contributed by atoms with Gasteiger partial charge in [0.25, 0.3) is 0 Å². The van der Waals surface area contributed by atoms with Gasteiger partial charge in [0.1, 0.15) is 0 Å². The van der Waals surface area contributed by atoms with Crippen LogP contribution in [-0.4, -0.2) is 0 Å². The predicted molar refractivity (Wildman–Crippen MR) is 254 cm³/mol. The Hall–Kier alpha value is -6.74. The number of nitrogens with zero attached hydrogens (tertiary/aromatic N) is 1. The number of anilines is 3. The number of benzene rings is 8. The highest BCUT2D eigenvalue weighted by Crippen LogP contribution is 2.64. The van der Waals surface area contributed by atoms with Gasteiger partial charge in [0.2, 0.25) is 0 Å². The van der Waals surface area contributed by atoms with E-state index in [1.165, 1.54) is 109 Å². The van der Waals surface area contributed by atoms with Gasteiger partial charge in [-0.25, -0.2) is 0 Å². The Morgan fingerprint density at radius 2 is 1.13 bits per heavy atom. The molecule has 284 valence electrons. The van der Waals surface area contributed by atoms with Crippen molar-refractivity contribution in [1.82, 2.24) is 0 Å². The summed E-state index contributed by atoms with van der Waals surface area (Å²) >= 11 is 1.90. The summed E-state index contributed by atoms with van der Waals surface area (Å²) in [6.45, 7) is 4.78. The van der Waals surface area contributed by atoms with Gasteiger partial charge in [-0.3, -0.25) is 0 Å². The number of thiophene rings is 1. The standard InChI is InChI=1S/C58H41NS/c1-57(2)48-26-8-3-21-43(48)46-24-14-23-39(55(46)57)36-16-13-17-37(34-36)59(53-30-15-25-47-45-22-7-12-31-54(45)60-56(47)53)38-32-33-44-42-20-6-11-29-51(42)58(52(44)35-38)49-27-9-4-18-40(49)41-19-5-10-28-50(41)58/h3-10,12-28,30-35H,11,29H2,1-2H3. The summed E-state index contributed by atoms with van der Waals surface area (Å²) in [7, 11) is 0. The average Bonchev–Trinajstić information content (AvgIpc) is 3.99. The molecule has 0 N–H and O–H groups in total. The van der Waals surface area contributed by atoms with Crippen LogP contribution in [0.2, 0.25) is 0 Å². The fourth-order valence-electron chi connectivity index (χ4n) is 11.8. The maximum atomic E-state index is 2.55. The van der Waals surface area contributed by atoms with Gasteiger partial charge < -0.3 is 4.90 Å². The Kier molecular flexibility index (Phi) is 7.05. The monoisotopic (exact) mass is 783 g/mol. The SMILES string of the molecule is CC1(C)c2ccccc2-c2cccc(-c3cccc(N(c4ccc5c(c4)C4(C6=C5C=CCC6)c5ccccc5-c5ccccc54)c4cccc5c4sc4ccccc45)c3)c21. The number of allylic oxidation sites excluding steroid dienone is 4. The van der Waals surface area contributed by atoms with Gasteiger partial charge in [-0.05, 0) is 127 Å². The Morgan fingerprint density at radius 3 is 1.95 bits per heavy atom. The van der Waals surface area contributed by atoms with E-state index < -0.39 is 0 Å². The van der Waals surface area contributed by atoms with E-state index in [4.69, 9.17) is 0 Å². The molecule has 9 aromatic rings. The summed E-state index contributed by atoms with van der Waals surface area (Å²) < 4.78 is 2.61. The summed E-state index contributed by atoms with van der Waals surface area (Å²) in [6.07, 6.45) is 6.89. The van der Waals surface area contributed by atoms with E-state index in [1.807, 2.05) is 11.3 Å². The van der Waals surface area contributed by atoms with Crippen molar-refractivity contribution in [3.05, 3.63) is 227 Å². The minimum absolute atomic E-state index is 0.121. The molecule has 0 bridgehead atoms. The first-order valence-corrected chi connectivity index (χ1v) is 22.1. The molecule has 4 aliphatic carbocycles. The number of fused-ring (bicyclic) bond motifs is 15. The molecule has 1 spiro atoms. The zero-order valence-corrected chi connectivity index (χ0v) is 34.5. The second kappa shape index (κ2) is 12.4. The molecule has 0 fully saturated rings. The molecule has 13 rings (SSSR count). The quantitative estimate of drug-likeness (QED) is 0.172. The molecule has 0 radical (unpaired) electrons. The van der Waals surface area contributed by atoms with Crippen molar-refractivity contribution in [2.45, 2.75) is 37.5 Å². The Labute approximate surface area is 355 Å². The number of hydrogen-bond donors (Lipinski definition) is 0. The van der Waals surface area contributed by atoms with Gasteiger partial charge in [0.15, 0.2) is 0 Å². The maximum absolute atomic E-state index is 2.55. The van der Waals surface area contributed by atoms with Crippen molar-refractivity contribution in [1.29, 1.82) is 0 Å². The van der Waals surface area contributed by atoms with E-state index in [0.29, 0.717) is 0 Å². The smallest absolute Gasteiger partial charge is 0.0689 e. The van der Waals surface area contributed by atoms with Crippen LogP contribution in [0.1, 0.15) is 60.1 Å². The third kappa shape index (κ3) is 4.41.